The average molecular weight is 234 g/mol. The highest BCUT2D eigenvalue weighted by atomic mass is 16.5. The van der Waals surface area contributed by atoms with Crippen LogP contribution in [0.2, 0.25) is 0 Å². The van der Waals surface area contributed by atoms with E-state index in [9.17, 15) is 4.79 Å². The first-order chi connectivity index (χ1) is 7.97. The maximum atomic E-state index is 12.0. The zero-order valence-corrected chi connectivity index (χ0v) is 11.0. The van der Waals surface area contributed by atoms with Crippen molar-refractivity contribution in [3.63, 3.8) is 0 Å². The minimum atomic E-state index is -0.366. The van der Waals surface area contributed by atoms with Crippen LogP contribution in [0.25, 0.3) is 0 Å². The van der Waals surface area contributed by atoms with Crippen LogP contribution >= 0.6 is 0 Å². The van der Waals surface area contributed by atoms with E-state index in [1.807, 2.05) is 20.8 Å². The number of esters is 1. The molecule has 0 N–H and O–H groups in total. The number of fused-ring (bicyclic) bond motifs is 5. The SMILES string of the molecule is CC(C)(C)C(=O)O[C@H]1CC2CC1[C@H]1CC=C[C@@H]21. The zero-order chi connectivity index (χ0) is 12.2. The van der Waals surface area contributed by atoms with Crippen LogP contribution in [-0.4, -0.2) is 12.1 Å². The Morgan fingerprint density at radius 3 is 2.71 bits per heavy atom. The summed E-state index contributed by atoms with van der Waals surface area (Å²) in [6.07, 6.45) is 8.50. The first kappa shape index (κ1) is 11.3. The summed E-state index contributed by atoms with van der Waals surface area (Å²) >= 11 is 0. The summed E-state index contributed by atoms with van der Waals surface area (Å²) in [5, 5.41) is 0. The molecule has 0 radical (unpaired) electrons. The Morgan fingerprint density at radius 2 is 2.00 bits per heavy atom. The van der Waals surface area contributed by atoms with Gasteiger partial charge in [0.25, 0.3) is 0 Å². The molecule has 0 saturated heterocycles. The number of carbonyl (C=O) groups excluding carboxylic acids is 1. The Kier molecular flexibility index (Phi) is 2.39. The molecule has 3 aliphatic carbocycles. The molecule has 2 bridgehead atoms. The van der Waals surface area contributed by atoms with Crippen LogP contribution in [0.5, 0.6) is 0 Å². The molecule has 2 fully saturated rings. The second-order valence-corrected chi connectivity index (χ2v) is 6.99. The largest absolute Gasteiger partial charge is 0.462 e. The molecule has 2 unspecified atom stereocenters. The van der Waals surface area contributed by atoms with Gasteiger partial charge in [0.15, 0.2) is 0 Å². The summed E-state index contributed by atoms with van der Waals surface area (Å²) in [7, 11) is 0. The van der Waals surface area contributed by atoms with E-state index in [1.54, 1.807) is 0 Å². The van der Waals surface area contributed by atoms with Gasteiger partial charge in [0.05, 0.1) is 5.41 Å². The molecule has 0 aromatic carbocycles. The van der Waals surface area contributed by atoms with Gasteiger partial charge in [-0.05, 0) is 63.7 Å². The van der Waals surface area contributed by atoms with Crippen molar-refractivity contribution in [2.75, 3.05) is 0 Å². The van der Waals surface area contributed by atoms with Crippen LogP contribution in [0.3, 0.4) is 0 Å². The summed E-state index contributed by atoms with van der Waals surface area (Å²) in [5.74, 6) is 2.95. The maximum Gasteiger partial charge on any atom is 0.311 e. The third-order valence-electron chi connectivity index (χ3n) is 4.81. The van der Waals surface area contributed by atoms with Crippen molar-refractivity contribution >= 4 is 5.97 Å². The van der Waals surface area contributed by atoms with E-state index >= 15 is 0 Å². The molecule has 3 rings (SSSR count). The molecule has 2 nitrogen and oxygen atoms in total. The van der Waals surface area contributed by atoms with E-state index in [1.165, 1.54) is 12.8 Å². The highest BCUT2D eigenvalue weighted by molar-refractivity contribution is 5.75. The third-order valence-corrected chi connectivity index (χ3v) is 4.81. The van der Waals surface area contributed by atoms with E-state index in [0.29, 0.717) is 5.92 Å². The standard InChI is InChI=1S/C15H22O2/c1-15(2,3)14(16)17-13-8-9-7-12(13)11-6-4-5-10(9)11/h4-5,9-13H,6-8H2,1-3H3/t9?,10-,11-,12?,13-/m0/s1. The molecule has 5 atom stereocenters. The maximum absolute atomic E-state index is 12.0. The number of rotatable bonds is 1. The van der Waals surface area contributed by atoms with Gasteiger partial charge in [-0.1, -0.05) is 12.2 Å². The van der Waals surface area contributed by atoms with Gasteiger partial charge < -0.3 is 4.74 Å². The summed E-state index contributed by atoms with van der Waals surface area (Å²) in [5.41, 5.74) is -0.366. The lowest BCUT2D eigenvalue weighted by atomic mass is 9.80. The van der Waals surface area contributed by atoms with Gasteiger partial charge in [0.2, 0.25) is 0 Å². The van der Waals surface area contributed by atoms with Crippen LogP contribution in [0.4, 0.5) is 0 Å². The van der Waals surface area contributed by atoms with Gasteiger partial charge in [-0.25, -0.2) is 0 Å². The van der Waals surface area contributed by atoms with E-state index in [2.05, 4.69) is 12.2 Å². The molecule has 0 heterocycles. The number of allylic oxidation sites excluding steroid dienone is 2. The van der Waals surface area contributed by atoms with E-state index in [-0.39, 0.29) is 17.5 Å². The van der Waals surface area contributed by atoms with Crippen LogP contribution in [0.15, 0.2) is 12.2 Å². The Balaban J connectivity index is 1.67. The lowest BCUT2D eigenvalue weighted by molar-refractivity contribution is -0.162. The molecule has 0 amide bonds. The van der Waals surface area contributed by atoms with Crippen LogP contribution in [0.1, 0.15) is 40.0 Å². The topological polar surface area (TPSA) is 26.3 Å². The van der Waals surface area contributed by atoms with Crippen LogP contribution in [-0.2, 0) is 9.53 Å². The Labute approximate surface area is 103 Å². The van der Waals surface area contributed by atoms with Crippen molar-refractivity contribution in [3.8, 4) is 0 Å². The van der Waals surface area contributed by atoms with E-state index < -0.39 is 0 Å². The second-order valence-electron chi connectivity index (χ2n) is 6.99. The number of hydrogen-bond acceptors (Lipinski definition) is 2. The van der Waals surface area contributed by atoms with Gasteiger partial charge in [-0.15, -0.1) is 0 Å². The fraction of sp³-hybridized carbons (Fsp3) is 0.800. The van der Waals surface area contributed by atoms with Gasteiger partial charge in [0, 0.05) is 0 Å². The van der Waals surface area contributed by atoms with Crippen molar-refractivity contribution in [2.45, 2.75) is 46.1 Å². The minimum Gasteiger partial charge on any atom is -0.462 e. The molecular formula is C15H22O2. The van der Waals surface area contributed by atoms with Gasteiger partial charge >= 0.3 is 5.97 Å². The smallest absolute Gasteiger partial charge is 0.311 e. The fourth-order valence-corrected chi connectivity index (χ4v) is 3.94. The highest BCUT2D eigenvalue weighted by Gasteiger charge is 2.54. The Hall–Kier alpha value is -0.790. The van der Waals surface area contributed by atoms with Gasteiger partial charge in [-0.3, -0.25) is 4.79 Å². The van der Waals surface area contributed by atoms with E-state index in [4.69, 9.17) is 4.74 Å². The van der Waals surface area contributed by atoms with Crippen molar-refractivity contribution in [3.05, 3.63) is 12.2 Å². The lowest BCUT2D eigenvalue weighted by Gasteiger charge is -2.32. The highest BCUT2D eigenvalue weighted by Crippen LogP contribution is 2.57. The summed E-state index contributed by atoms with van der Waals surface area (Å²) < 4.78 is 5.75. The Morgan fingerprint density at radius 1 is 1.24 bits per heavy atom. The molecule has 0 spiro atoms. The van der Waals surface area contributed by atoms with Crippen LogP contribution in [0, 0.1) is 29.1 Å². The van der Waals surface area contributed by atoms with Crippen molar-refractivity contribution in [2.24, 2.45) is 29.1 Å². The van der Waals surface area contributed by atoms with Gasteiger partial charge in [-0.2, -0.15) is 0 Å². The van der Waals surface area contributed by atoms with Gasteiger partial charge in [0.1, 0.15) is 6.10 Å². The van der Waals surface area contributed by atoms with Crippen molar-refractivity contribution in [1.82, 2.24) is 0 Å². The zero-order valence-electron chi connectivity index (χ0n) is 11.0. The normalized spacial score (nSPS) is 42.9. The number of carbonyl (C=O) groups is 1. The molecule has 17 heavy (non-hydrogen) atoms. The third kappa shape index (κ3) is 1.73. The summed E-state index contributed by atoms with van der Waals surface area (Å²) in [4.78, 5) is 12.0. The molecule has 3 aliphatic rings. The molecule has 2 heteroatoms. The van der Waals surface area contributed by atoms with Crippen LogP contribution < -0.4 is 0 Å². The molecule has 94 valence electrons. The second kappa shape index (κ2) is 3.60. The lowest BCUT2D eigenvalue weighted by Crippen LogP contribution is -2.35. The first-order valence-corrected chi connectivity index (χ1v) is 6.84. The quantitative estimate of drug-likeness (QED) is 0.514. The first-order valence-electron chi connectivity index (χ1n) is 6.84. The van der Waals surface area contributed by atoms with E-state index in [0.717, 1.165) is 24.2 Å². The Bertz CT molecular complexity index is 364. The predicted molar refractivity (Wildman–Crippen MR) is 66.3 cm³/mol. The molecule has 0 aliphatic heterocycles. The monoisotopic (exact) mass is 234 g/mol. The number of ether oxygens (including phenoxy) is 1. The molecular weight excluding hydrogens is 212 g/mol. The number of hydrogen-bond donors (Lipinski definition) is 0. The molecule has 0 aromatic rings. The predicted octanol–water partition coefficient (Wildman–Crippen LogP) is 3.18. The summed E-state index contributed by atoms with van der Waals surface area (Å²) in [6.45, 7) is 5.80. The van der Waals surface area contributed by atoms with Crippen molar-refractivity contribution in [1.29, 1.82) is 0 Å². The molecule has 0 aromatic heterocycles. The molecule has 2 saturated carbocycles. The van der Waals surface area contributed by atoms with Crippen molar-refractivity contribution < 1.29 is 9.53 Å². The minimum absolute atomic E-state index is 0.0300. The fourth-order valence-electron chi connectivity index (χ4n) is 3.94. The average Bonchev–Trinajstić information content (AvgIpc) is 2.85. The summed E-state index contributed by atoms with van der Waals surface area (Å²) in [6, 6.07) is 0.